The number of hydrogen-bond acceptors (Lipinski definition) is 6. The molecule has 2 heterocycles. The molecule has 192 valence electrons. The number of anilines is 2. The van der Waals surface area contributed by atoms with Crippen molar-refractivity contribution in [1.82, 2.24) is 4.90 Å². The molecule has 0 saturated carbocycles. The van der Waals surface area contributed by atoms with Gasteiger partial charge in [-0.1, -0.05) is 38.1 Å². The Morgan fingerprint density at radius 3 is 2.19 bits per heavy atom. The minimum Gasteiger partial charge on any atom is -0.451 e. The number of rotatable bonds is 6. The van der Waals surface area contributed by atoms with Gasteiger partial charge in [0.25, 0.3) is 5.91 Å². The maximum atomic E-state index is 13.6. The molecule has 3 aliphatic rings. The molecule has 0 unspecified atom stereocenters. The van der Waals surface area contributed by atoms with E-state index in [4.69, 9.17) is 4.74 Å². The van der Waals surface area contributed by atoms with Gasteiger partial charge < -0.3 is 10.1 Å². The van der Waals surface area contributed by atoms with Gasteiger partial charge in [0.2, 0.25) is 17.7 Å². The fraction of sp³-hybridized carbons (Fsp3) is 0.519. The molecular weight excluding hydrogens is 462 g/mol. The van der Waals surface area contributed by atoms with Crippen molar-refractivity contribution in [3.8, 4) is 0 Å². The van der Waals surface area contributed by atoms with Gasteiger partial charge in [0, 0.05) is 0 Å². The molecule has 0 spiro atoms. The minimum atomic E-state index is -1.25. The summed E-state index contributed by atoms with van der Waals surface area (Å²) in [6.07, 6.45) is 3.69. The number of fused-ring (bicyclic) bond motifs is 2. The first-order chi connectivity index (χ1) is 16.9. The molecule has 1 N–H and O–H groups in total. The molecule has 9 nitrogen and oxygen atoms in total. The van der Waals surface area contributed by atoms with E-state index in [1.165, 1.54) is 11.8 Å². The lowest BCUT2D eigenvalue weighted by Gasteiger charge is -2.43. The topological polar surface area (TPSA) is 113 Å². The van der Waals surface area contributed by atoms with E-state index in [0.29, 0.717) is 24.2 Å². The van der Waals surface area contributed by atoms with E-state index in [1.54, 1.807) is 38.1 Å². The molecule has 1 aliphatic carbocycles. The highest BCUT2D eigenvalue weighted by molar-refractivity contribution is 6.15. The van der Waals surface area contributed by atoms with Gasteiger partial charge in [0.1, 0.15) is 11.6 Å². The van der Waals surface area contributed by atoms with Crippen LogP contribution in [0.3, 0.4) is 0 Å². The Kier molecular flexibility index (Phi) is 6.77. The van der Waals surface area contributed by atoms with Gasteiger partial charge in [-0.2, -0.15) is 0 Å². The highest BCUT2D eigenvalue weighted by Crippen LogP contribution is 2.39. The maximum absolute atomic E-state index is 13.6. The largest absolute Gasteiger partial charge is 0.451 e. The Labute approximate surface area is 210 Å². The Balaban J connectivity index is 1.57. The normalized spacial score (nSPS) is 24.2. The number of nitrogens with zero attached hydrogens (tertiary/aromatic N) is 2. The first-order valence-corrected chi connectivity index (χ1v) is 12.4. The molecule has 9 heteroatoms. The Bertz CT molecular complexity index is 1110. The smallest absolute Gasteiger partial charge is 0.330 e. The molecule has 4 atom stereocenters. The standard InChI is InChI=1S/C27H33N3O6/c1-15(2)14-21(29-23(32)17-10-6-7-11-18(17)24(29)33)25(34)36-16(3)22(31)30-20-13-9-8-12-19(20)28-26(35)27(30,4)5/h6-9,12-13,15-18,21H,10-11,14H2,1-5H3,(H,28,35)/t16-,17-,18+,21-/m1/s1. The molecule has 1 fully saturated rings. The van der Waals surface area contributed by atoms with E-state index in [2.05, 4.69) is 5.32 Å². The number of nitrogens with one attached hydrogen (secondary N) is 1. The van der Waals surface area contributed by atoms with E-state index in [0.717, 1.165) is 4.90 Å². The third-order valence-corrected chi connectivity index (χ3v) is 7.19. The fourth-order valence-corrected chi connectivity index (χ4v) is 5.22. The number of para-hydroxylation sites is 2. The zero-order valence-electron chi connectivity index (χ0n) is 21.3. The summed E-state index contributed by atoms with van der Waals surface area (Å²) < 4.78 is 5.61. The van der Waals surface area contributed by atoms with Crippen molar-refractivity contribution in [2.45, 2.75) is 71.6 Å². The Morgan fingerprint density at radius 2 is 1.61 bits per heavy atom. The number of carbonyl (C=O) groups is 5. The molecule has 4 amide bonds. The number of ether oxygens (including phenoxy) is 1. The lowest BCUT2D eigenvalue weighted by atomic mass is 9.85. The first kappa shape index (κ1) is 25.6. The molecule has 1 saturated heterocycles. The van der Waals surface area contributed by atoms with Gasteiger partial charge in [-0.3, -0.25) is 29.0 Å². The average molecular weight is 496 g/mol. The second-order valence-corrected chi connectivity index (χ2v) is 10.6. The summed E-state index contributed by atoms with van der Waals surface area (Å²) in [6.45, 7) is 8.45. The fourth-order valence-electron chi connectivity index (χ4n) is 5.22. The summed E-state index contributed by atoms with van der Waals surface area (Å²) in [6, 6.07) is 5.78. The Morgan fingerprint density at radius 1 is 1.03 bits per heavy atom. The number of carbonyl (C=O) groups excluding carboxylic acids is 5. The van der Waals surface area contributed by atoms with Crippen LogP contribution in [0.2, 0.25) is 0 Å². The summed E-state index contributed by atoms with van der Waals surface area (Å²) in [7, 11) is 0. The summed E-state index contributed by atoms with van der Waals surface area (Å²) in [5.74, 6) is -3.40. The van der Waals surface area contributed by atoms with Gasteiger partial charge in [-0.15, -0.1) is 0 Å². The van der Waals surface area contributed by atoms with Crippen LogP contribution in [0.4, 0.5) is 11.4 Å². The first-order valence-electron chi connectivity index (χ1n) is 12.4. The van der Waals surface area contributed by atoms with Crippen molar-refractivity contribution in [3.63, 3.8) is 0 Å². The number of hydrogen-bond donors (Lipinski definition) is 1. The number of imide groups is 1. The molecule has 0 aromatic heterocycles. The molecule has 0 bridgehead atoms. The van der Waals surface area contributed by atoms with Gasteiger partial charge in [0.05, 0.1) is 23.2 Å². The quantitative estimate of drug-likeness (QED) is 0.369. The van der Waals surface area contributed by atoms with Crippen molar-refractivity contribution in [2.24, 2.45) is 17.8 Å². The van der Waals surface area contributed by atoms with Crippen molar-refractivity contribution >= 4 is 41.0 Å². The van der Waals surface area contributed by atoms with Crippen molar-refractivity contribution in [3.05, 3.63) is 36.4 Å². The van der Waals surface area contributed by atoms with Crippen LogP contribution in [0, 0.1) is 17.8 Å². The van der Waals surface area contributed by atoms with Crippen LogP contribution in [0.5, 0.6) is 0 Å². The van der Waals surface area contributed by atoms with Crippen LogP contribution in [-0.2, 0) is 28.7 Å². The highest BCUT2D eigenvalue weighted by atomic mass is 16.5. The van der Waals surface area contributed by atoms with Gasteiger partial charge in [-0.05, 0) is 58.1 Å². The van der Waals surface area contributed by atoms with Gasteiger partial charge >= 0.3 is 5.97 Å². The third-order valence-electron chi connectivity index (χ3n) is 7.19. The van der Waals surface area contributed by atoms with Crippen LogP contribution in [-0.4, -0.2) is 52.2 Å². The average Bonchev–Trinajstić information content (AvgIpc) is 3.07. The van der Waals surface area contributed by atoms with Crippen molar-refractivity contribution in [2.75, 3.05) is 10.2 Å². The van der Waals surface area contributed by atoms with E-state index < -0.39 is 41.4 Å². The number of esters is 1. The predicted molar refractivity (Wildman–Crippen MR) is 133 cm³/mol. The highest BCUT2D eigenvalue weighted by Gasteiger charge is 2.52. The predicted octanol–water partition coefficient (Wildman–Crippen LogP) is 3.05. The molecule has 2 aliphatic heterocycles. The van der Waals surface area contributed by atoms with E-state index in [9.17, 15) is 24.0 Å². The molecular formula is C27H33N3O6. The van der Waals surface area contributed by atoms with Gasteiger partial charge in [0.15, 0.2) is 6.10 Å². The summed E-state index contributed by atoms with van der Waals surface area (Å²) in [4.78, 5) is 68.4. The molecule has 1 aromatic carbocycles. The molecule has 36 heavy (non-hydrogen) atoms. The van der Waals surface area contributed by atoms with E-state index >= 15 is 0 Å². The monoisotopic (exact) mass is 495 g/mol. The summed E-state index contributed by atoms with van der Waals surface area (Å²) in [5, 5.41) is 2.80. The summed E-state index contributed by atoms with van der Waals surface area (Å²) >= 11 is 0. The molecule has 4 rings (SSSR count). The second-order valence-electron chi connectivity index (χ2n) is 10.6. The van der Waals surface area contributed by atoms with Gasteiger partial charge in [-0.25, -0.2) is 4.79 Å². The SMILES string of the molecule is CC(C)C[C@H](C(=O)O[C@H](C)C(=O)N1c2ccccc2NC(=O)C1(C)C)N1C(=O)[C@H]2CC=CC[C@H]2C1=O. The van der Waals surface area contributed by atoms with Crippen LogP contribution < -0.4 is 10.2 Å². The van der Waals surface area contributed by atoms with Crippen LogP contribution >= 0.6 is 0 Å². The lowest BCUT2D eigenvalue weighted by molar-refractivity contribution is -0.165. The molecule has 0 radical (unpaired) electrons. The van der Waals surface area contributed by atoms with E-state index in [-0.39, 0.29) is 30.1 Å². The Hall–Kier alpha value is -3.49. The zero-order chi connectivity index (χ0) is 26.4. The maximum Gasteiger partial charge on any atom is 0.330 e. The lowest BCUT2D eigenvalue weighted by Crippen LogP contribution is -2.61. The van der Waals surface area contributed by atoms with Crippen LogP contribution in [0.1, 0.15) is 53.9 Å². The summed E-state index contributed by atoms with van der Waals surface area (Å²) in [5.41, 5.74) is -0.251. The van der Waals surface area contributed by atoms with Crippen molar-refractivity contribution in [1.29, 1.82) is 0 Å². The van der Waals surface area contributed by atoms with E-state index in [1.807, 2.05) is 26.0 Å². The number of amides is 4. The van der Waals surface area contributed by atoms with Crippen LogP contribution in [0.25, 0.3) is 0 Å². The zero-order valence-corrected chi connectivity index (χ0v) is 21.3. The third kappa shape index (κ3) is 4.31. The van der Waals surface area contributed by atoms with Crippen LogP contribution in [0.15, 0.2) is 36.4 Å². The number of allylic oxidation sites excluding steroid dienone is 2. The minimum absolute atomic E-state index is 0.00786. The van der Waals surface area contributed by atoms with Crippen molar-refractivity contribution < 1.29 is 28.7 Å². The molecule has 1 aromatic rings. The number of benzene rings is 1. The number of likely N-dealkylation sites (tertiary alicyclic amines) is 1. The second kappa shape index (κ2) is 9.52.